The maximum atomic E-state index is 11.6. The van der Waals surface area contributed by atoms with E-state index in [0.717, 1.165) is 13.0 Å². The highest BCUT2D eigenvalue weighted by Gasteiger charge is 2.14. The van der Waals surface area contributed by atoms with Crippen molar-refractivity contribution < 1.29 is 9.90 Å². The van der Waals surface area contributed by atoms with Gasteiger partial charge in [-0.15, -0.1) is 0 Å². The number of carbonyl (C=O) groups excluding carboxylic acids is 1. The van der Waals surface area contributed by atoms with Crippen LogP contribution in [0.2, 0.25) is 0 Å². The zero-order chi connectivity index (χ0) is 12.8. The Morgan fingerprint density at radius 1 is 1.59 bits per heavy atom. The summed E-state index contributed by atoms with van der Waals surface area (Å²) in [5.41, 5.74) is 0.680. The molecule has 96 valence electrons. The largest absolute Gasteiger partial charge is 0.392 e. The number of carbonyl (C=O) groups is 1. The van der Waals surface area contributed by atoms with Crippen LogP contribution in [-0.4, -0.2) is 26.9 Å². The quantitative estimate of drug-likeness (QED) is 0.793. The first kappa shape index (κ1) is 13.7. The van der Waals surface area contributed by atoms with E-state index in [9.17, 15) is 9.90 Å². The van der Waals surface area contributed by atoms with Gasteiger partial charge in [0.15, 0.2) is 0 Å². The molecule has 0 spiro atoms. The summed E-state index contributed by atoms with van der Waals surface area (Å²) in [6.07, 6.45) is 3.94. The van der Waals surface area contributed by atoms with E-state index in [1.54, 1.807) is 17.1 Å². The molecule has 0 saturated carbocycles. The van der Waals surface area contributed by atoms with Crippen molar-refractivity contribution in [3.63, 3.8) is 0 Å². The summed E-state index contributed by atoms with van der Waals surface area (Å²) in [4.78, 5) is 11.6. The van der Waals surface area contributed by atoms with Gasteiger partial charge in [-0.3, -0.25) is 9.48 Å². The molecule has 5 heteroatoms. The molecule has 2 N–H and O–H groups in total. The number of hydrogen-bond donors (Lipinski definition) is 2. The average molecular weight is 239 g/mol. The number of aromatic nitrogens is 2. The zero-order valence-corrected chi connectivity index (χ0v) is 10.7. The van der Waals surface area contributed by atoms with Gasteiger partial charge >= 0.3 is 0 Å². The molecule has 5 nitrogen and oxygen atoms in total. The summed E-state index contributed by atoms with van der Waals surface area (Å²) in [5, 5.41) is 16.4. The molecule has 0 aromatic carbocycles. The molecule has 1 unspecified atom stereocenters. The van der Waals surface area contributed by atoms with E-state index in [2.05, 4.69) is 17.3 Å². The molecule has 0 fully saturated rings. The van der Waals surface area contributed by atoms with E-state index in [0.29, 0.717) is 5.69 Å². The lowest BCUT2D eigenvalue weighted by molar-refractivity contribution is -0.118. The molecule has 1 aromatic heterocycles. The van der Waals surface area contributed by atoms with Crippen LogP contribution in [0.15, 0.2) is 12.4 Å². The van der Waals surface area contributed by atoms with Gasteiger partial charge < -0.3 is 10.4 Å². The Hall–Kier alpha value is -1.36. The SMILES string of the molecule is CCCn1cc(NC(=O)CC(O)C(C)C)cn1. The lowest BCUT2D eigenvalue weighted by Gasteiger charge is -2.13. The minimum Gasteiger partial charge on any atom is -0.392 e. The molecular weight excluding hydrogens is 218 g/mol. The van der Waals surface area contributed by atoms with Gasteiger partial charge in [0.05, 0.1) is 24.4 Å². The van der Waals surface area contributed by atoms with Crippen LogP contribution in [0.25, 0.3) is 0 Å². The molecular formula is C12H21N3O2. The molecule has 1 atom stereocenters. The third-order valence-corrected chi connectivity index (χ3v) is 2.53. The molecule has 0 aliphatic carbocycles. The number of amides is 1. The monoisotopic (exact) mass is 239 g/mol. The molecule has 0 bridgehead atoms. The zero-order valence-electron chi connectivity index (χ0n) is 10.7. The van der Waals surface area contributed by atoms with Crippen molar-refractivity contribution in [1.82, 2.24) is 9.78 Å². The topological polar surface area (TPSA) is 67.2 Å². The van der Waals surface area contributed by atoms with Crippen molar-refractivity contribution >= 4 is 11.6 Å². The predicted molar refractivity (Wildman–Crippen MR) is 66.6 cm³/mol. The van der Waals surface area contributed by atoms with Crippen LogP contribution >= 0.6 is 0 Å². The van der Waals surface area contributed by atoms with Crippen LogP contribution in [0.5, 0.6) is 0 Å². The third kappa shape index (κ3) is 4.56. The Kier molecular flexibility index (Phi) is 5.15. The summed E-state index contributed by atoms with van der Waals surface area (Å²) < 4.78 is 1.79. The maximum absolute atomic E-state index is 11.6. The summed E-state index contributed by atoms with van der Waals surface area (Å²) in [7, 11) is 0. The minimum absolute atomic E-state index is 0.0866. The van der Waals surface area contributed by atoms with Gasteiger partial charge in [0, 0.05) is 12.7 Å². The maximum Gasteiger partial charge on any atom is 0.227 e. The second-order valence-electron chi connectivity index (χ2n) is 4.56. The van der Waals surface area contributed by atoms with Gasteiger partial charge in [0.1, 0.15) is 0 Å². The third-order valence-electron chi connectivity index (χ3n) is 2.53. The van der Waals surface area contributed by atoms with Crippen molar-refractivity contribution in [3.8, 4) is 0 Å². The summed E-state index contributed by atoms with van der Waals surface area (Å²) in [5.74, 6) is -0.0918. The molecule has 1 amide bonds. The highest BCUT2D eigenvalue weighted by molar-refractivity contribution is 5.90. The summed E-state index contributed by atoms with van der Waals surface area (Å²) >= 11 is 0. The van der Waals surface area contributed by atoms with Gasteiger partial charge in [-0.1, -0.05) is 20.8 Å². The van der Waals surface area contributed by atoms with Crippen molar-refractivity contribution in [2.75, 3.05) is 5.32 Å². The predicted octanol–water partition coefficient (Wildman–Crippen LogP) is 1.64. The minimum atomic E-state index is -0.597. The van der Waals surface area contributed by atoms with Crippen LogP contribution in [0.1, 0.15) is 33.6 Å². The molecule has 1 aromatic rings. The lowest BCUT2D eigenvalue weighted by Crippen LogP contribution is -2.23. The first-order valence-electron chi connectivity index (χ1n) is 6.03. The van der Waals surface area contributed by atoms with Crippen molar-refractivity contribution in [1.29, 1.82) is 0 Å². The van der Waals surface area contributed by atoms with Crippen LogP contribution in [-0.2, 0) is 11.3 Å². The van der Waals surface area contributed by atoms with Crippen LogP contribution < -0.4 is 5.32 Å². The van der Waals surface area contributed by atoms with Crippen molar-refractivity contribution in [3.05, 3.63) is 12.4 Å². The Balaban J connectivity index is 2.44. The van der Waals surface area contributed by atoms with Gasteiger partial charge in [0.2, 0.25) is 5.91 Å². The van der Waals surface area contributed by atoms with E-state index in [4.69, 9.17) is 0 Å². The Labute approximate surface area is 102 Å². The standard InChI is InChI=1S/C12H21N3O2/c1-4-5-15-8-10(7-13-15)14-12(17)6-11(16)9(2)3/h7-9,11,16H,4-6H2,1-3H3,(H,14,17). The summed E-state index contributed by atoms with van der Waals surface area (Å²) in [6.45, 7) is 6.68. The number of aliphatic hydroxyl groups excluding tert-OH is 1. The highest BCUT2D eigenvalue weighted by atomic mass is 16.3. The molecule has 1 rings (SSSR count). The van der Waals surface area contributed by atoms with Crippen molar-refractivity contribution in [2.24, 2.45) is 5.92 Å². The molecule has 0 saturated heterocycles. The fraction of sp³-hybridized carbons (Fsp3) is 0.667. The smallest absolute Gasteiger partial charge is 0.227 e. The first-order valence-corrected chi connectivity index (χ1v) is 6.03. The number of nitrogens with zero attached hydrogens (tertiary/aromatic N) is 2. The molecule has 17 heavy (non-hydrogen) atoms. The fourth-order valence-electron chi connectivity index (χ4n) is 1.42. The van der Waals surface area contributed by atoms with E-state index in [1.807, 2.05) is 13.8 Å². The number of nitrogens with one attached hydrogen (secondary N) is 1. The van der Waals surface area contributed by atoms with E-state index < -0.39 is 6.10 Å². The summed E-state index contributed by atoms with van der Waals surface area (Å²) in [6, 6.07) is 0. The Morgan fingerprint density at radius 2 is 2.29 bits per heavy atom. The van der Waals surface area contributed by atoms with Crippen LogP contribution in [0.4, 0.5) is 5.69 Å². The Bertz CT molecular complexity index is 360. The molecule has 0 aliphatic rings. The lowest BCUT2D eigenvalue weighted by atomic mass is 10.0. The fourth-order valence-corrected chi connectivity index (χ4v) is 1.42. The Morgan fingerprint density at radius 3 is 2.88 bits per heavy atom. The highest BCUT2D eigenvalue weighted by Crippen LogP contribution is 2.09. The number of rotatable bonds is 6. The van der Waals surface area contributed by atoms with Gasteiger partial charge in [-0.25, -0.2) is 0 Å². The average Bonchev–Trinajstić information content (AvgIpc) is 2.65. The number of aliphatic hydroxyl groups is 1. The number of hydrogen-bond acceptors (Lipinski definition) is 3. The van der Waals surface area contributed by atoms with E-state index in [-0.39, 0.29) is 18.2 Å². The second kappa shape index (κ2) is 6.39. The van der Waals surface area contributed by atoms with Crippen molar-refractivity contribution in [2.45, 2.75) is 46.3 Å². The van der Waals surface area contributed by atoms with Crippen LogP contribution in [0.3, 0.4) is 0 Å². The number of aryl methyl sites for hydroxylation is 1. The first-order chi connectivity index (χ1) is 8.02. The molecule has 0 aliphatic heterocycles. The number of anilines is 1. The van der Waals surface area contributed by atoms with E-state index >= 15 is 0 Å². The molecule has 1 heterocycles. The van der Waals surface area contributed by atoms with Crippen LogP contribution in [0, 0.1) is 5.92 Å². The van der Waals surface area contributed by atoms with Gasteiger partial charge in [-0.2, -0.15) is 5.10 Å². The normalized spacial score (nSPS) is 12.8. The van der Waals surface area contributed by atoms with Gasteiger partial charge in [-0.05, 0) is 12.3 Å². The van der Waals surface area contributed by atoms with Gasteiger partial charge in [0.25, 0.3) is 0 Å². The van der Waals surface area contributed by atoms with E-state index in [1.165, 1.54) is 0 Å². The molecule has 0 radical (unpaired) electrons. The second-order valence-corrected chi connectivity index (χ2v) is 4.56.